The molecule has 0 saturated carbocycles. The van der Waals surface area contributed by atoms with E-state index in [1.54, 1.807) is 11.3 Å². The molecule has 2 rings (SSSR count). The third-order valence-electron chi connectivity index (χ3n) is 3.37. The van der Waals surface area contributed by atoms with Crippen molar-refractivity contribution in [1.82, 2.24) is 0 Å². The molecule has 1 nitrogen and oxygen atoms in total. The predicted octanol–water partition coefficient (Wildman–Crippen LogP) is 5.03. The van der Waals surface area contributed by atoms with Crippen molar-refractivity contribution in [2.75, 3.05) is 6.54 Å². The summed E-state index contributed by atoms with van der Waals surface area (Å²) in [4.78, 5) is 0. The molecule has 1 atom stereocenters. The third kappa shape index (κ3) is 2.87. The van der Waals surface area contributed by atoms with Crippen molar-refractivity contribution in [1.29, 1.82) is 0 Å². The molecule has 0 aliphatic heterocycles. The standard InChI is InChI=1S/C15H20ClNS/c1-10(2)7-8-11(9-17)14-12-5-3-4-6-13(12)18-15(14)16/h3-6,10-11H,7-9,17H2,1-2H3. The molecule has 2 N–H and O–H groups in total. The summed E-state index contributed by atoms with van der Waals surface area (Å²) in [7, 11) is 0. The fraction of sp³-hybridized carbons (Fsp3) is 0.467. The van der Waals surface area contributed by atoms with Crippen LogP contribution in [0.5, 0.6) is 0 Å². The normalized spacial score (nSPS) is 13.4. The molecule has 0 amide bonds. The molecule has 0 aliphatic rings. The Morgan fingerprint density at radius 2 is 1.94 bits per heavy atom. The molecule has 0 saturated heterocycles. The van der Waals surface area contributed by atoms with Crippen molar-refractivity contribution in [2.24, 2.45) is 11.7 Å². The first-order valence-corrected chi connectivity index (χ1v) is 7.70. The number of rotatable bonds is 5. The highest BCUT2D eigenvalue weighted by atomic mass is 35.5. The average molecular weight is 282 g/mol. The van der Waals surface area contributed by atoms with E-state index in [2.05, 4.69) is 38.1 Å². The molecule has 18 heavy (non-hydrogen) atoms. The Hall–Kier alpha value is -0.570. The van der Waals surface area contributed by atoms with Crippen LogP contribution in [0.15, 0.2) is 24.3 Å². The number of halogens is 1. The minimum Gasteiger partial charge on any atom is -0.330 e. The van der Waals surface area contributed by atoms with E-state index in [1.807, 2.05) is 0 Å². The van der Waals surface area contributed by atoms with Gasteiger partial charge in [-0.2, -0.15) is 0 Å². The fourth-order valence-electron chi connectivity index (χ4n) is 2.33. The lowest BCUT2D eigenvalue weighted by Crippen LogP contribution is -2.13. The molecule has 1 aromatic carbocycles. The molecule has 0 spiro atoms. The SMILES string of the molecule is CC(C)CCC(CN)c1c(Cl)sc2ccccc12. The van der Waals surface area contributed by atoms with E-state index >= 15 is 0 Å². The van der Waals surface area contributed by atoms with Crippen LogP contribution in [-0.4, -0.2) is 6.54 Å². The molecule has 0 radical (unpaired) electrons. The highest BCUT2D eigenvalue weighted by Gasteiger charge is 2.19. The molecule has 0 fully saturated rings. The van der Waals surface area contributed by atoms with Gasteiger partial charge < -0.3 is 5.73 Å². The predicted molar refractivity (Wildman–Crippen MR) is 82.7 cm³/mol. The van der Waals surface area contributed by atoms with Gasteiger partial charge in [-0.1, -0.05) is 50.1 Å². The van der Waals surface area contributed by atoms with Gasteiger partial charge in [-0.3, -0.25) is 0 Å². The molecule has 1 unspecified atom stereocenters. The molecule has 1 heterocycles. The highest BCUT2D eigenvalue weighted by Crippen LogP contribution is 2.40. The van der Waals surface area contributed by atoms with E-state index in [1.165, 1.54) is 22.1 Å². The van der Waals surface area contributed by atoms with Crippen LogP contribution < -0.4 is 5.73 Å². The molecular weight excluding hydrogens is 262 g/mol. The van der Waals surface area contributed by atoms with E-state index in [0.29, 0.717) is 18.4 Å². The van der Waals surface area contributed by atoms with Gasteiger partial charge in [0.1, 0.15) is 0 Å². The second kappa shape index (κ2) is 6.05. The van der Waals surface area contributed by atoms with Crippen molar-refractivity contribution in [3.8, 4) is 0 Å². The highest BCUT2D eigenvalue weighted by molar-refractivity contribution is 7.22. The molecule has 1 aromatic heterocycles. The van der Waals surface area contributed by atoms with Gasteiger partial charge in [-0.25, -0.2) is 0 Å². The van der Waals surface area contributed by atoms with Crippen molar-refractivity contribution >= 4 is 33.0 Å². The zero-order chi connectivity index (χ0) is 13.1. The van der Waals surface area contributed by atoms with E-state index in [4.69, 9.17) is 17.3 Å². The van der Waals surface area contributed by atoms with Crippen LogP contribution in [0.25, 0.3) is 10.1 Å². The monoisotopic (exact) mass is 281 g/mol. The zero-order valence-electron chi connectivity index (χ0n) is 10.9. The van der Waals surface area contributed by atoms with Crippen molar-refractivity contribution < 1.29 is 0 Å². The van der Waals surface area contributed by atoms with E-state index in [0.717, 1.165) is 10.8 Å². The Labute approximate surface area is 118 Å². The zero-order valence-corrected chi connectivity index (χ0v) is 12.5. The third-order valence-corrected chi connectivity index (χ3v) is 4.78. The largest absolute Gasteiger partial charge is 0.330 e. The van der Waals surface area contributed by atoms with Gasteiger partial charge in [0.05, 0.1) is 4.34 Å². The Morgan fingerprint density at radius 3 is 2.61 bits per heavy atom. The quantitative estimate of drug-likeness (QED) is 0.817. The summed E-state index contributed by atoms with van der Waals surface area (Å²) in [6, 6.07) is 8.42. The maximum absolute atomic E-state index is 6.42. The maximum Gasteiger partial charge on any atom is 0.0976 e. The van der Waals surface area contributed by atoms with Crippen molar-refractivity contribution in [3.05, 3.63) is 34.2 Å². The number of hydrogen-bond acceptors (Lipinski definition) is 2. The van der Waals surface area contributed by atoms with Crippen LogP contribution >= 0.6 is 22.9 Å². The van der Waals surface area contributed by atoms with Gasteiger partial charge in [-0.05, 0) is 41.8 Å². The van der Waals surface area contributed by atoms with Crippen LogP contribution in [0.3, 0.4) is 0 Å². The molecule has 3 heteroatoms. The Bertz CT molecular complexity index is 518. The fourth-order valence-corrected chi connectivity index (χ4v) is 3.85. The van der Waals surface area contributed by atoms with Crippen LogP contribution in [0.1, 0.15) is 38.2 Å². The number of nitrogens with two attached hydrogens (primary N) is 1. The van der Waals surface area contributed by atoms with Gasteiger partial charge in [-0.15, -0.1) is 11.3 Å². The summed E-state index contributed by atoms with van der Waals surface area (Å²) in [6.45, 7) is 5.18. The summed E-state index contributed by atoms with van der Waals surface area (Å²) in [5.41, 5.74) is 7.22. The van der Waals surface area contributed by atoms with Crippen LogP contribution in [0.2, 0.25) is 4.34 Å². The lowest BCUT2D eigenvalue weighted by atomic mass is 9.91. The van der Waals surface area contributed by atoms with Crippen molar-refractivity contribution in [3.63, 3.8) is 0 Å². The lowest BCUT2D eigenvalue weighted by molar-refractivity contribution is 0.505. The first-order chi connectivity index (χ1) is 8.63. The molecular formula is C15H20ClNS. The number of fused-ring (bicyclic) bond motifs is 1. The lowest BCUT2D eigenvalue weighted by Gasteiger charge is -2.16. The van der Waals surface area contributed by atoms with Gasteiger partial charge >= 0.3 is 0 Å². The molecule has 0 aliphatic carbocycles. The second-order valence-electron chi connectivity index (χ2n) is 5.19. The number of thiophene rings is 1. The average Bonchev–Trinajstić information content (AvgIpc) is 2.67. The summed E-state index contributed by atoms with van der Waals surface area (Å²) in [6.07, 6.45) is 2.32. The first kappa shape index (κ1) is 13.9. The van der Waals surface area contributed by atoms with Gasteiger partial charge in [0.15, 0.2) is 0 Å². The van der Waals surface area contributed by atoms with Crippen LogP contribution in [-0.2, 0) is 0 Å². The van der Waals surface area contributed by atoms with E-state index in [-0.39, 0.29) is 0 Å². The van der Waals surface area contributed by atoms with Gasteiger partial charge in [0.2, 0.25) is 0 Å². The number of hydrogen-bond donors (Lipinski definition) is 1. The van der Waals surface area contributed by atoms with Crippen LogP contribution in [0.4, 0.5) is 0 Å². The molecule has 2 aromatic rings. The Balaban J connectivity index is 2.35. The van der Waals surface area contributed by atoms with E-state index in [9.17, 15) is 0 Å². The Morgan fingerprint density at radius 1 is 1.22 bits per heavy atom. The van der Waals surface area contributed by atoms with Crippen LogP contribution in [0, 0.1) is 5.92 Å². The molecule has 98 valence electrons. The minimum atomic E-state index is 0.385. The van der Waals surface area contributed by atoms with Crippen molar-refractivity contribution in [2.45, 2.75) is 32.6 Å². The summed E-state index contributed by atoms with van der Waals surface area (Å²) in [5.74, 6) is 1.10. The molecule has 0 bridgehead atoms. The van der Waals surface area contributed by atoms with E-state index < -0.39 is 0 Å². The summed E-state index contributed by atoms with van der Waals surface area (Å²) < 4.78 is 2.18. The Kier molecular flexibility index (Phi) is 4.66. The summed E-state index contributed by atoms with van der Waals surface area (Å²) in [5, 5.41) is 1.28. The smallest absolute Gasteiger partial charge is 0.0976 e. The maximum atomic E-state index is 6.42. The minimum absolute atomic E-state index is 0.385. The van der Waals surface area contributed by atoms with Gasteiger partial charge in [0, 0.05) is 4.70 Å². The first-order valence-electron chi connectivity index (χ1n) is 6.50. The summed E-state index contributed by atoms with van der Waals surface area (Å²) >= 11 is 8.09. The number of benzene rings is 1. The second-order valence-corrected chi connectivity index (χ2v) is 6.84. The topological polar surface area (TPSA) is 26.0 Å². The van der Waals surface area contributed by atoms with Gasteiger partial charge in [0.25, 0.3) is 0 Å².